The van der Waals surface area contributed by atoms with Gasteiger partial charge in [-0.3, -0.25) is 14.5 Å². The summed E-state index contributed by atoms with van der Waals surface area (Å²) in [5.41, 5.74) is 0.980. The highest BCUT2D eigenvalue weighted by Gasteiger charge is 2.33. The Kier molecular flexibility index (Phi) is 5.11. The summed E-state index contributed by atoms with van der Waals surface area (Å²) in [5, 5.41) is 3.32. The SMILES string of the molecule is Cc1ccn(C2CCNCC2)c(=O)c1C(=O)N1CCN2CCOCC2C1. The Hall–Kier alpha value is -1.70. The van der Waals surface area contributed by atoms with Gasteiger partial charge >= 0.3 is 0 Å². The standard InChI is InChI=1S/C19H28N4O3/c1-14-4-7-23(15-2-5-20-6-3-15)19(25)17(14)18(24)22-9-8-21-10-11-26-13-16(21)12-22/h4,7,15-16,20H,2-3,5-6,8-13H2,1H3. The number of amides is 1. The fraction of sp³-hybridized carbons (Fsp3) is 0.684. The van der Waals surface area contributed by atoms with Crippen LogP contribution in [0.15, 0.2) is 17.1 Å². The second-order valence-electron chi connectivity index (χ2n) is 7.58. The minimum Gasteiger partial charge on any atom is -0.378 e. The van der Waals surface area contributed by atoms with Crippen LogP contribution in [0, 0.1) is 6.92 Å². The predicted octanol–water partition coefficient (Wildman–Crippen LogP) is 0.238. The lowest BCUT2D eigenvalue weighted by atomic mass is 10.0. The van der Waals surface area contributed by atoms with Crippen LogP contribution in [0.3, 0.4) is 0 Å². The fourth-order valence-electron chi connectivity index (χ4n) is 4.36. The molecule has 4 rings (SSSR count). The molecule has 1 atom stereocenters. The summed E-state index contributed by atoms with van der Waals surface area (Å²) in [4.78, 5) is 30.5. The predicted molar refractivity (Wildman–Crippen MR) is 98.7 cm³/mol. The fourth-order valence-corrected chi connectivity index (χ4v) is 4.36. The van der Waals surface area contributed by atoms with Gasteiger partial charge in [0.1, 0.15) is 5.56 Å². The van der Waals surface area contributed by atoms with Crippen LogP contribution in [-0.2, 0) is 4.74 Å². The molecule has 7 heteroatoms. The number of morpholine rings is 1. The number of pyridine rings is 1. The van der Waals surface area contributed by atoms with Crippen LogP contribution in [-0.4, -0.2) is 78.8 Å². The van der Waals surface area contributed by atoms with Crippen LogP contribution in [0.1, 0.15) is 34.8 Å². The Balaban J connectivity index is 1.58. The Labute approximate surface area is 153 Å². The number of aryl methyl sites for hydroxylation is 1. The van der Waals surface area contributed by atoms with Crippen molar-refractivity contribution in [1.82, 2.24) is 19.7 Å². The van der Waals surface area contributed by atoms with E-state index in [0.29, 0.717) is 25.3 Å². The Bertz CT molecular complexity index is 726. The molecule has 1 aromatic rings. The van der Waals surface area contributed by atoms with Gasteiger partial charge in [0, 0.05) is 38.4 Å². The lowest BCUT2D eigenvalue weighted by Crippen LogP contribution is -2.59. The Morgan fingerprint density at radius 3 is 2.81 bits per heavy atom. The van der Waals surface area contributed by atoms with E-state index in [0.717, 1.165) is 51.2 Å². The van der Waals surface area contributed by atoms with Gasteiger partial charge in [0.05, 0.1) is 19.3 Å². The molecule has 1 amide bonds. The van der Waals surface area contributed by atoms with Gasteiger partial charge in [-0.15, -0.1) is 0 Å². The highest BCUT2D eigenvalue weighted by Crippen LogP contribution is 2.19. The summed E-state index contributed by atoms with van der Waals surface area (Å²) in [5.74, 6) is -0.124. The maximum atomic E-state index is 13.2. The number of fused-ring (bicyclic) bond motifs is 1. The van der Waals surface area contributed by atoms with Gasteiger partial charge in [-0.05, 0) is 44.5 Å². The van der Waals surface area contributed by atoms with Crippen LogP contribution in [0.2, 0.25) is 0 Å². The van der Waals surface area contributed by atoms with Crippen molar-refractivity contribution in [2.45, 2.75) is 31.8 Å². The van der Waals surface area contributed by atoms with E-state index in [1.165, 1.54) is 0 Å². The number of piperidine rings is 1. The number of aromatic nitrogens is 1. The zero-order valence-corrected chi connectivity index (χ0v) is 15.4. The molecule has 1 aromatic heterocycles. The van der Waals surface area contributed by atoms with Crippen molar-refractivity contribution in [1.29, 1.82) is 0 Å². The minimum atomic E-state index is -0.135. The summed E-state index contributed by atoms with van der Waals surface area (Å²) in [7, 11) is 0. The molecule has 7 nitrogen and oxygen atoms in total. The first-order valence-corrected chi connectivity index (χ1v) is 9.68. The van der Waals surface area contributed by atoms with E-state index in [2.05, 4.69) is 10.2 Å². The van der Waals surface area contributed by atoms with Crippen molar-refractivity contribution in [3.8, 4) is 0 Å². The third-order valence-corrected chi connectivity index (χ3v) is 5.97. The van der Waals surface area contributed by atoms with E-state index in [4.69, 9.17) is 4.74 Å². The van der Waals surface area contributed by atoms with E-state index < -0.39 is 0 Å². The average molecular weight is 360 g/mol. The van der Waals surface area contributed by atoms with Gasteiger partial charge in [0.25, 0.3) is 11.5 Å². The molecule has 0 bridgehead atoms. The third kappa shape index (κ3) is 3.31. The molecule has 1 N–H and O–H groups in total. The van der Waals surface area contributed by atoms with E-state index >= 15 is 0 Å². The molecule has 0 radical (unpaired) electrons. The summed E-state index contributed by atoms with van der Waals surface area (Å²) in [6.07, 6.45) is 3.71. The van der Waals surface area contributed by atoms with E-state index in [1.807, 2.05) is 24.1 Å². The highest BCUT2D eigenvalue weighted by molar-refractivity contribution is 5.95. The number of nitrogens with zero attached hydrogens (tertiary/aromatic N) is 3. The van der Waals surface area contributed by atoms with Crippen molar-refractivity contribution in [3.63, 3.8) is 0 Å². The van der Waals surface area contributed by atoms with Gasteiger partial charge in [-0.1, -0.05) is 0 Å². The van der Waals surface area contributed by atoms with Crippen LogP contribution in [0.25, 0.3) is 0 Å². The molecule has 26 heavy (non-hydrogen) atoms. The van der Waals surface area contributed by atoms with E-state index in [9.17, 15) is 9.59 Å². The van der Waals surface area contributed by atoms with Gasteiger partial charge in [-0.25, -0.2) is 0 Å². The summed E-state index contributed by atoms with van der Waals surface area (Å²) in [6, 6.07) is 2.34. The zero-order valence-electron chi connectivity index (χ0n) is 15.4. The number of hydrogen-bond acceptors (Lipinski definition) is 5. The molecule has 3 fully saturated rings. The van der Waals surface area contributed by atoms with Crippen molar-refractivity contribution in [2.24, 2.45) is 0 Å². The average Bonchev–Trinajstić information content (AvgIpc) is 2.68. The normalized spacial score (nSPS) is 25.1. The first kappa shape index (κ1) is 17.7. The van der Waals surface area contributed by atoms with Crippen LogP contribution in [0.4, 0.5) is 0 Å². The van der Waals surface area contributed by atoms with Gasteiger partial charge in [0.15, 0.2) is 0 Å². The maximum Gasteiger partial charge on any atom is 0.263 e. The third-order valence-electron chi connectivity index (χ3n) is 5.97. The summed E-state index contributed by atoms with van der Waals surface area (Å²) < 4.78 is 7.35. The maximum absolute atomic E-state index is 13.2. The van der Waals surface area contributed by atoms with Crippen molar-refractivity contribution in [2.75, 3.05) is 52.5 Å². The van der Waals surface area contributed by atoms with Crippen molar-refractivity contribution < 1.29 is 9.53 Å². The molecule has 3 aliphatic rings. The van der Waals surface area contributed by atoms with Gasteiger partial charge in [-0.2, -0.15) is 0 Å². The molecule has 0 aliphatic carbocycles. The molecule has 3 aliphatic heterocycles. The van der Waals surface area contributed by atoms with Crippen molar-refractivity contribution >= 4 is 5.91 Å². The number of nitrogens with one attached hydrogen (secondary N) is 1. The van der Waals surface area contributed by atoms with Crippen LogP contribution >= 0.6 is 0 Å². The molecular weight excluding hydrogens is 332 g/mol. The lowest BCUT2D eigenvalue weighted by molar-refractivity contribution is -0.0395. The summed E-state index contributed by atoms with van der Waals surface area (Å²) in [6.45, 7) is 8.22. The van der Waals surface area contributed by atoms with Crippen molar-refractivity contribution in [3.05, 3.63) is 33.7 Å². The molecule has 0 spiro atoms. The smallest absolute Gasteiger partial charge is 0.263 e. The molecule has 0 aromatic carbocycles. The molecule has 0 saturated carbocycles. The zero-order chi connectivity index (χ0) is 18.1. The molecule has 1 unspecified atom stereocenters. The first-order valence-electron chi connectivity index (χ1n) is 9.68. The van der Waals surface area contributed by atoms with E-state index in [1.54, 1.807) is 4.57 Å². The quantitative estimate of drug-likeness (QED) is 0.818. The Morgan fingerprint density at radius 2 is 2.00 bits per heavy atom. The number of carbonyl (C=O) groups is 1. The number of hydrogen-bond donors (Lipinski definition) is 1. The number of rotatable bonds is 2. The lowest BCUT2D eigenvalue weighted by Gasteiger charge is -2.43. The van der Waals surface area contributed by atoms with Crippen LogP contribution in [0.5, 0.6) is 0 Å². The minimum absolute atomic E-state index is 0.124. The van der Waals surface area contributed by atoms with Crippen LogP contribution < -0.4 is 10.9 Å². The summed E-state index contributed by atoms with van der Waals surface area (Å²) >= 11 is 0. The largest absolute Gasteiger partial charge is 0.378 e. The van der Waals surface area contributed by atoms with E-state index in [-0.39, 0.29) is 23.6 Å². The molecule has 3 saturated heterocycles. The molecule has 4 heterocycles. The van der Waals surface area contributed by atoms with Gasteiger partial charge in [0.2, 0.25) is 0 Å². The number of carbonyl (C=O) groups excluding carboxylic acids is 1. The number of piperazine rings is 1. The monoisotopic (exact) mass is 360 g/mol. The topological polar surface area (TPSA) is 66.8 Å². The Morgan fingerprint density at radius 1 is 1.19 bits per heavy atom. The first-order chi connectivity index (χ1) is 12.6. The number of ether oxygens (including phenoxy) is 1. The highest BCUT2D eigenvalue weighted by atomic mass is 16.5. The second-order valence-corrected chi connectivity index (χ2v) is 7.58. The molecule has 142 valence electrons. The van der Waals surface area contributed by atoms with Gasteiger partial charge < -0.3 is 19.5 Å². The second kappa shape index (κ2) is 7.50. The molecular formula is C19H28N4O3.